The Morgan fingerprint density at radius 2 is 2.00 bits per heavy atom. The first kappa shape index (κ1) is 17.1. The summed E-state index contributed by atoms with van der Waals surface area (Å²) in [6.45, 7) is 4.70. The van der Waals surface area contributed by atoms with Crippen LogP contribution in [0.5, 0.6) is 0 Å². The highest BCUT2D eigenvalue weighted by atomic mass is 16.6. The lowest BCUT2D eigenvalue weighted by Gasteiger charge is -2.37. The molecule has 0 aromatic rings. The zero-order valence-electron chi connectivity index (χ0n) is 13.6. The highest BCUT2D eigenvalue weighted by molar-refractivity contribution is 5.76. The minimum Gasteiger partial charge on any atom is -0.441 e. The Balaban J connectivity index is 1.79. The Hall–Kier alpha value is -1.30. The minimum atomic E-state index is -0.405. The van der Waals surface area contributed by atoms with Gasteiger partial charge in [0.1, 0.15) is 5.60 Å². The van der Waals surface area contributed by atoms with Crippen LogP contribution in [0.2, 0.25) is 0 Å². The molecule has 0 unspecified atom stereocenters. The summed E-state index contributed by atoms with van der Waals surface area (Å²) in [6, 6.07) is 0. The summed E-state index contributed by atoms with van der Waals surface area (Å²) in [5.41, 5.74) is -0.405. The summed E-state index contributed by atoms with van der Waals surface area (Å²) in [5, 5.41) is 8.84. The quantitative estimate of drug-likeness (QED) is 0.727. The van der Waals surface area contributed by atoms with Gasteiger partial charge < -0.3 is 19.6 Å². The van der Waals surface area contributed by atoms with Crippen molar-refractivity contribution in [1.29, 1.82) is 0 Å². The lowest BCUT2D eigenvalue weighted by atomic mass is 9.91. The number of aliphatic hydroxyl groups is 1. The number of nitrogens with zero attached hydrogens (tertiary/aromatic N) is 2. The molecule has 2 amide bonds. The average Bonchev–Trinajstić information content (AvgIpc) is 2.80. The molecule has 2 fully saturated rings. The molecule has 0 aromatic heterocycles. The van der Waals surface area contributed by atoms with Gasteiger partial charge in [-0.05, 0) is 6.42 Å². The van der Waals surface area contributed by atoms with E-state index in [4.69, 9.17) is 9.84 Å². The van der Waals surface area contributed by atoms with Crippen molar-refractivity contribution < 1.29 is 19.4 Å². The SMILES string of the molecule is CCCCCCN1CC2(CCN(C(=O)CCO)CC2)OC1=O. The topological polar surface area (TPSA) is 70.1 Å². The van der Waals surface area contributed by atoms with E-state index in [-0.39, 0.29) is 25.0 Å². The Kier molecular flexibility index (Phi) is 6.06. The lowest BCUT2D eigenvalue weighted by molar-refractivity contribution is -0.135. The highest BCUT2D eigenvalue weighted by Gasteiger charge is 2.47. The number of hydrogen-bond donors (Lipinski definition) is 1. The van der Waals surface area contributed by atoms with Crippen molar-refractivity contribution in [2.24, 2.45) is 0 Å². The molecule has 0 atom stereocenters. The summed E-state index contributed by atoms with van der Waals surface area (Å²) in [5.74, 6) is -0.0157. The van der Waals surface area contributed by atoms with Crippen molar-refractivity contribution in [3.05, 3.63) is 0 Å². The van der Waals surface area contributed by atoms with Crippen LogP contribution in [0.4, 0.5) is 4.79 Å². The van der Waals surface area contributed by atoms with Crippen LogP contribution in [0.15, 0.2) is 0 Å². The van der Waals surface area contributed by atoms with Crippen LogP contribution in [0.25, 0.3) is 0 Å². The molecule has 0 radical (unpaired) electrons. The number of piperidine rings is 1. The van der Waals surface area contributed by atoms with Gasteiger partial charge in [-0.3, -0.25) is 4.79 Å². The van der Waals surface area contributed by atoms with E-state index < -0.39 is 5.60 Å². The van der Waals surface area contributed by atoms with Gasteiger partial charge in [-0.1, -0.05) is 26.2 Å². The molecule has 126 valence electrons. The smallest absolute Gasteiger partial charge is 0.410 e. The normalized spacial score (nSPS) is 20.5. The van der Waals surface area contributed by atoms with Crippen molar-refractivity contribution in [3.63, 3.8) is 0 Å². The van der Waals surface area contributed by atoms with Gasteiger partial charge in [-0.15, -0.1) is 0 Å². The first-order chi connectivity index (χ1) is 10.6. The third-order valence-electron chi connectivity index (χ3n) is 4.68. The van der Waals surface area contributed by atoms with Gasteiger partial charge in [-0.2, -0.15) is 0 Å². The van der Waals surface area contributed by atoms with E-state index in [9.17, 15) is 9.59 Å². The number of hydrogen-bond acceptors (Lipinski definition) is 4. The van der Waals surface area contributed by atoms with Gasteiger partial charge in [0.15, 0.2) is 0 Å². The molecule has 2 heterocycles. The first-order valence-corrected chi connectivity index (χ1v) is 8.47. The van der Waals surface area contributed by atoms with Gasteiger partial charge in [-0.25, -0.2) is 4.79 Å². The van der Waals surface area contributed by atoms with Crippen LogP contribution >= 0.6 is 0 Å². The van der Waals surface area contributed by atoms with Gasteiger partial charge in [0, 0.05) is 38.9 Å². The third kappa shape index (κ3) is 4.12. The second-order valence-electron chi connectivity index (χ2n) is 6.39. The molecule has 2 aliphatic rings. The maximum absolute atomic E-state index is 12.0. The van der Waals surface area contributed by atoms with Gasteiger partial charge >= 0.3 is 6.09 Å². The molecule has 0 bridgehead atoms. The highest BCUT2D eigenvalue weighted by Crippen LogP contribution is 2.33. The van der Waals surface area contributed by atoms with Gasteiger partial charge in [0.05, 0.1) is 13.2 Å². The number of amides is 2. The fourth-order valence-corrected chi connectivity index (χ4v) is 3.27. The van der Waals surface area contributed by atoms with Crippen LogP contribution in [0, 0.1) is 0 Å². The van der Waals surface area contributed by atoms with E-state index in [1.165, 1.54) is 12.8 Å². The summed E-state index contributed by atoms with van der Waals surface area (Å²) < 4.78 is 5.65. The molecule has 2 rings (SSSR count). The number of ether oxygens (including phenoxy) is 1. The molecule has 2 aliphatic heterocycles. The molecular formula is C16H28N2O4. The molecular weight excluding hydrogens is 284 g/mol. The maximum Gasteiger partial charge on any atom is 0.410 e. The summed E-state index contributed by atoms with van der Waals surface area (Å²) in [4.78, 5) is 27.4. The van der Waals surface area contributed by atoms with Crippen LogP contribution in [0.1, 0.15) is 51.9 Å². The standard InChI is InChI=1S/C16H28N2O4/c1-2-3-4-5-9-18-13-16(22-15(18)21)7-10-17(11-8-16)14(20)6-12-19/h19H,2-13H2,1H3. The molecule has 1 spiro atoms. The minimum absolute atomic E-state index is 0.0157. The number of likely N-dealkylation sites (tertiary alicyclic amines) is 1. The monoisotopic (exact) mass is 312 g/mol. The molecule has 2 saturated heterocycles. The van der Waals surface area contributed by atoms with E-state index in [0.717, 1.165) is 19.4 Å². The van der Waals surface area contributed by atoms with Crippen molar-refractivity contribution in [2.75, 3.05) is 32.8 Å². The number of carbonyl (C=O) groups excluding carboxylic acids is 2. The van der Waals surface area contributed by atoms with E-state index in [1.54, 1.807) is 4.90 Å². The Bertz CT molecular complexity index is 392. The Morgan fingerprint density at radius 1 is 1.27 bits per heavy atom. The van der Waals surface area contributed by atoms with Crippen LogP contribution in [-0.2, 0) is 9.53 Å². The van der Waals surface area contributed by atoms with Crippen molar-refractivity contribution in [1.82, 2.24) is 9.80 Å². The summed E-state index contributed by atoms with van der Waals surface area (Å²) in [6.07, 6.45) is 5.93. The number of unbranched alkanes of at least 4 members (excludes halogenated alkanes) is 3. The fourth-order valence-electron chi connectivity index (χ4n) is 3.27. The first-order valence-electron chi connectivity index (χ1n) is 8.47. The summed E-state index contributed by atoms with van der Waals surface area (Å²) in [7, 11) is 0. The number of rotatable bonds is 7. The second-order valence-corrected chi connectivity index (χ2v) is 6.39. The number of aliphatic hydroxyl groups excluding tert-OH is 1. The summed E-state index contributed by atoms with van der Waals surface area (Å²) >= 11 is 0. The van der Waals surface area contributed by atoms with E-state index in [2.05, 4.69) is 6.92 Å². The average molecular weight is 312 g/mol. The van der Waals surface area contributed by atoms with E-state index >= 15 is 0 Å². The second kappa shape index (κ2) is 7.81. The molecule has 0 aliphatic carbocycles. The molecule has 6 nitrogen and oxygen atoms in total. The molecule has 6 heteroatoms. The number of carbonyl (C=O) groups is 2. The van der Waals surface area contributed by atoms with E-state index in [0.29, 0.717) is 32.5 Å². The molecule has 22 heavy (non-hydrogen) atoms. The third-order valence-corrected chi connectivity index (χ3v) is 4.68. The zero-order valence-corrected chi connectivity index (χ0v) is 13.6. The van der Waals surface area contributed by atoms with Crippen molar-refractivity contribution in [2.45, 2.75) is 57.5 Å². The predicted octanol–water partition coefficient (Wildman–Crippen LogP) is 1.76. The van der Waals surface area contributed by atoms with E-state index in [1.807, 2.05) is 4.90 Å². The molecule has 1 N–H and O–H groups in total. The van der Waals surface area contributed by atoms with Crippen LogP contribution < -0.4 is 0 Å². The molecule has 0 saturated carbocycles. The van der Waals surface area contributed by atoms with Crippen molar-refractivity contribution in [3.8, 4) is 0 Å². The Labute approximate surface area is 132 Å². The van der Waals surface area contributed by atoms with Crippen molar-refractivity contribution >= 4 is 12.0 Å². The van der Waals surface area contributed by atoms with Crippen LogP contribution in [-0.4, -0.2) is 65.3 Å². The largest absolute Gasteiger partial charge is 0.441 e. The maximum atomic E-state index is 12.0. The predicted molar refractivity (Wildman–Crippen MR) is 82.4 cm³/mol. The van der Waals surface area contributed by atoms with Gasteiger partial charge in [0.25, 0.3) is 0 Å². The van der Waals surface area contributed by atoms with Gasteiger partial charge in [0.2, 0.25) is 5.91 Å². The molecule has 0 aromatic carbocycles. The Morgan fingerprint density at radius 3 is 2.64 bits per heavy atom. The van der Waals surface area contributed by atoms with Crippen LogP contribution in [0.3, 0.4) is 0 Å². The fraction of sp³-hybridized carbons (Fsp3) is 0.875. The zero-order chi connectivity index (χ0) is 16.0. The lowest BCUT2D eigenvalue weighted by Crippen LogP contribution is -2.48.